The van der Waals surface area contributed by atoms with Crippen LogP contribution in [0.4, 0.5) is 18.9 Å². The van der Waals surface area contributed by atoms with Crippen LogP contribution in [0.2, 0.25) is 0 Å². The summed E-state index contributed by atoms with van der Waals surface area (Å²) < 4.78 is 78.8. The summed E-state index contributed by atoms with van der Waals surface area (Å²) >= 11 is 0. The Morgan fingerprint density at radius 3 is 2.66 bits per heavy atom. The van der Waals surface area contributed by atoms with Crippen molar-refractivity contribution in [3.05, 3.63) is 84.7 Å². The molecule has 0 N–H and O–H groups in total. The summed E-state index contributed by atoms with van der Waals surface area (Å²) in [5.41, 5.74) is 1.55. The average molecular weight is 546 g/mol. The molecule has 1 heterocycles. The number of nitrogens with zero attached hydrogens (tertiary/aromatic N) is 1. The second-order valence-electron chi connectivity index (χ2n) is 8.90. The molecule has 10 heteroatoms. The predicted molar refractivity (Wildman–Crippen MR) is 138 cm³/mol. The van der Waals surface area contributed by atoms with E-state index in [4.69, 9.17) is 4.74 Å². The van der Waals surface area contributed by atoms with Gasteiger partial charge >= 0.3 is 6.61 Å². The van der Waals surface area contributed by atoms with Gasteiger partial charge in [0.25, 0.3) is 10.0 Å². The number of fused-ring (bicyclic) bond motifs is 1. The lowest BCUT2D eigenvalue weighted by molar-refractivity contribution is -0.118. The third-order valence-electron chi connectivity index (χ3n) is 6.02. The van der Waals surface area contributed by atoms with E-state index in [1.54, 1.807) is 37.3 Å². The summed E-state index contributed by atoms with van der Waals surface area (Å²) in [6, 6.07) is 14.3. The second kappa shape index (κ2) is 11.3. The molecule has 200 valence electrons. The number of hydrogen-bond donors (Lipinski definition) is 0. The van der Waals surface area contributed by atoms with E-state index in [9.17, 15) is 26.4 Å². The van der Waals surface area contributed by atoms with Crippen LogP contribution in [0.5, 0.6) is 11.5 Å². The summed E-state index contributed by atoms with van der Waals surface area (Å²) in [6.45, 7) is 2.15. The van der Waals surface area contributed by atoms with E-state index in [0.717, 1.165) is 17.7 Å². The molecule has 0 saturated heterocycles. The van der Waals surface area contributed by atoms with Crippen LogP contribution in [0.15, 0.2) is 78.2 Å². The fourth-order valence-electron chi connectivity index (χ4n) is 4.26. The number of carbonyl (C=O) groups excluding carboxylic acids is 1. The molecule has 0 amide bonds. The summed E-state index contributed by atoms with van der Waals surface area (Å²) in [5.74, 6) is -0.929. The number of alkyl halides is 2. The molecule has 0 saturated carbocycles. The van der Waals surface area contributed by atoms with Gasteiger partial charge in [-0.05, 0) is 66.4 Å². The van der Waals surface area contributed by atoms with Gasteiger partial charge in [0, 0.05) is 18.9 Å². The maximum atomic E-state index is 14.2. The zero-order valence-electron chi connectivity index (χ0n) is 20.6. The summed E-state index contributed by atoms with van der Waals surface area (Å²) in [6.07, 6.45) is 1.62. The van der Waals surface area contributed by atoms with Crippen molar-refractivity contribution < 1.29 is 35.9 Å². The minimum absolute atomic E-state index is 0.0363. The first-order chi connectivity index (χ1) is 18.1. The van der Waals surface area contributed by atoms with E-state index in [1.165, 1.54) is 28.6 Å². The molecule has 6 nitrogen and oxygen atoms in total. The third-order valence-corrected chi connectivity index (χ3v) is 7.79. The zero-order chi connectivity index (χ0) is 27.4. The molecule has 1 atom stereocenters. The largest absolute Gasteiger partial charge is 0.486 e. The number of sulfonamides is 1. The van der Waals surface area contributed by atoms with Gasteiger partial charge in [-0.3, -0.25) is 9.10 Å². The highest BCUT2D eigenvalue weighted by molar-refractivity contribution is 7.92. The number of Topliss-reactive ketones (excluding diaryl/α,β-unsaturated/α-hetero) is 1. The Labute approximate surface area is 219 Å². The van der Waals surface area contributed by atoms with Gasteiger partial charge in [-0.25, -0.2) is 12.8 Å². The van der Waals surface area contributed by atoms with Gasteiger partial charge in [-0.2, -0.15) is 8.78 Å². The Bertz CT molecular complexity index is 1460. The van der Waals surface area contributed by atoms with Crippen molar-refractivity contribution in [2.45, 2.75) is 43.8 Å². The Kier molecular flexibility index (Phi) is 8.11. The van der Waals surface area contributed by atoms with Gasteiger partial charge in [-0.15, -0.1) is 6.58 Å². The summed E-state index contributed by atoms with van der Waals surface area (Å²) in [4.78, 5) is 12.1. The van der Waals surface area contributed by atoms with E-state index >= 15 is 0 Å². The van der Waals surface area contributed by atoms with Crippen molar-refractivity contribution in [1.29, 1.82) is 0 Å². The number of halogens is 3. The zero-order valence-corrected chi connectivity index (χ0v) is 21.4. The molecule has 0 radical (unpaired) electrons. The lowest BCUT2D eigenvalue weighted by Gasteiger charge is -2.36. The van der Waals surface area contributed by atoms with E-state index in [1.807, 2.05) is 0 Å². The minimum atomic E-state index is -4.06. The van der Waals surface area contributed by atoms with E-state index in [2.05, 4.69) is 11.3 Å². The maximum Gasteiger partial charge on any atom is 0.387 e. The number of ether oxygens (including phenoxy) is 2. The molecule has 0 aromatic heterocycles. The van der Waals surface area contributed by atoms with Gasteiger partial charge in [0.05, 0.1) is 17.1 Å². The normalized spacial score (nSPS) is 15.1. The molecule has 1 aliphatic heterocycles. The number of carbonyl (C=O) groups is 1. The van der Waals surface area contributed by atoms with Crippen LogP contribution in [0.1, 0.15) is 24.8 Å². The first kappa shape index (κ1) is 27.3. The van der Waals surface area contributed by atoms with Gasteiger partial charge in [0.1, 0.15) is 29.2 Å². The maximum absolute atomic E-state index is 14.2. The second-order valence-corrected chi connectivity index (χ2v) is 10.8. The standard InChI is InChI=1S/C28H26F3NO5S/c1-3-5-22(33)9-10-23-17-32(38(34,35)25-7-4-6-18(2)12-25)26-15-19(8-11-27(26)36-23)20-13-21(29)16-24(14-20)37-28(30)31/h3-4,6-8,11-16,23,28H,1,5,9-10,17H2,2H3/t23-/m0/s1. The number of aryl methyl sites for hydroxylation is 1. The number of ketones is 1. The van der Waals surface area contributed by atoms with Crippen molar-refractivity contribution >= 4 is 21.5 Å². The highest BCUT2D eigenvalue weighted by Gasteiger charge is 2.35. The Morgan fingerprint density at radius 1 is 1.16 bits per heavy atom. The molecule has 0 unspecified atom stereocenters. The molecule has 0 aliphatic carbocycles. The smallest absolute Gasteiger partial charge is 0.387 e. The first-order valence-corrected chi connectivity index (χ1v) is 13.3. The molecule has 3 aromatic rings. The van der Waals surface area contributed by atoms with Gasteiger partial charge in [-0.1, -0.05) is 24.3 Å². The van der Waals surface area contributed by atoms with Gasteiger partial charge in [0.15, 0.2) is 0 Å². The number of hydrogen-bond acceptors (Lipinski definition) is 5. The molecule has 0 spiro atoms. The summed E-state index contributed by atoms with van der Waals surface area (Å²) in [7, 11) is -4.06. The molecule has 4 rings (SSSR count). The monoisotopic (exact) mass is 545 g/mol. The van der Waals surface area contributed by atoms with Crippen LogP contribution < -0.4 is 13.8 Å². The SMILES string of the molecule is C=CCC(=O)CC[C@H]1CN(S(=O)(=O)c2cccc(C)c2)c2cc(-c3cc(F)cc(OC(F)F)c3)ccc2O1. The molecule has 0 bridgehead atoms. The highest BCUT2D eigenvalue weighted by atomic mass is 32.2. The molecular formula is C28H26F3NO5S. The fourth-order valence-corrected chi connectivity index (χ4v) is 5.86. The van der Waals surface area contributed by atoms with Crippen LogP contribution >= 0.6 is 0 Å². The summed E-state index contributed by atoms with van der Waals surface area (Å²) in [5, 5.41) is 0. The minimum Gasteiger partial charge on any atom is -0.486 e. The molecule has 0 fully saturated rings. The average Bonchev–Trinajstić information content (AvgIpc) is 2.86. The van der Waals surface area contributed by atoms with E-state index in [0.29, 0.717) is 12.0 Å². The fraction of sp³-hybridized carbons (Fsp3) is 0.250. The molecular weight excluding hydrogens is 519 g/mol. The van der Waals surface area contributed by atoms with Crippen molar-refractivity contribution in [3.8, 4) is 22.6 Å². The topological polar surface area (TPSA) is 72.9 Å². The van der Waals surface area contributed by atoms with Crippen molar-refractivity contribution in [2.24, 2.45) is 0 Å². The van der Waals surface area contributed by atoms with Crippen LogP contribution in [0.25, 0.3) is 11.1 Å². The van der Waals surface area contributed by atoms with E-state index in [-0.39, 0.29) is 52.8 Å². The van der Waals surface area contributed by atoms with Gasteiger partial charge < -0.3 is 9.47 Å². The van der Waals surface area contributed by atoms with Crippen LogP contribution in [0, 0.1) is 12.7 Å². The Balaban J connectivity index is 1.76. The quantitative estimate of drug-likeness (QED) is 0.280. The molecule has 3 aromatic carbocycles. The highest BCUT2D eigenvalue weighted by Crippen LogP contribution is 2.41. The van der Waals surface area contributed by atoms with Crippen LogP contribution in [-0.4, -0.2) is 33.5 Å². The number of allylic oxidation sites excluding steroid dienone is 1. The number of rotatable bonds is 10. The van der Waals surface area contributed by atoms with Crippen LogP contribution in [0.3, 0.4) is 0 Å². The molecule has 1 aliphatic rings. The van der Waals surface area contributed by atoms with Gasteiger partial charge in [0.2, 0.25) is 0 Å². The predicted octanol–water partition coefficient (Wildman–Crippen LogP) is 6.28. The first-order valence-electron chi connectivity index (χ1n) is 11.9. The Hall–Kier alpha value is -3.79. The lowest BCUT2D eigenvalue weighted by Crippen LogP contribution is -2.43. The Morgan fingerprint density at radius 2 is 1.95 bits per heavy atom. The van der Waals surface area contributed by atoms with Crippen molar-refractivity contribution in [3.63, 3.8) is 0 Å². The number of benzene rings is 3. The lowest BCUT2D eigenvalue weighted by atomic mass is 10.0. The third kappa shape index (κ3) is 6.19. The van der Waals surface area contributed by atoms with Crippen molar-refractivity contribution in [1.82, 2.24) is 0 Å². The van der Waals surface area contributed by atoms with Crippen molar-refractivity contribution in [2.75, 3.05) is 10.8 Å². The molecule has 38 heavy (non-hydrogen) atoms. The van der Waals surface area contributed by atoms with E-state index < -0.39 is 28.6 Å². The number of anilines is 1. The van der Waals surface area contributed by atoms with Crippen LogP contribution in [-0.2, 0) is 14.8 Å².